The minimum atomic E-state index is 0.0403. The molecule has 0 aliphatic heterocycles. The largest absolute Gasteiger partial charge is 0.497 e. The number of nitrogens with one attached hydrogen (secondary N) is 1. The molecule has 4 heteroatoms. The number of methoxy groups -OCH3 is 1. The third kappa shape index (κ3) is 4.57. The molecule has 0 amide bonds. The van der Waals surface area contributed by atoms with E-state index >= 15 is 0 Å². The lowest BCUT2D eigenvalue weighted by molar-refractivity contribution is 0.234. The summed E-state index contributed by atoms with van der Waals surface area (Å²) in [6.07, 6.45) is 0.0403. The van der Waals surface area contributed by atoms with Crippen molar-refractivity contribution < 1.29 is 9.47 Å². The lowest BCUT2D eigenvalue weighted by atomic mass is 10.2. The van der Waals surface area contributed by atoms with Gasteiger partial charge in [0, 0.05) is 10.7 Å². The number of aryl methyl sites for hydroxylation is 1. The minimum Gasteiger partial charge on any atom is -0.497 e. The molecule has 0 heterocycles. The summed E-state index contributed by atoms with van der Waals surface area (Å²) in [5.74, 6) is 1.65. The maximum atomic E-state index is 6.10. The molecule has 0 saturated heterocycles. The molecule has 112 valence electrons. The van der Waals surface area contributed by atoms with E-state index in [1.807, 2.05) is 56.3 Å². The van der Waals surface area contributed by atoms with Crippen molar-refractivity contribution in [3.63, 3.8) is 0 Å². The lowest BCUT2D eigenvalue weighted by Crippen LogP contribution is -2.22. The Morgan fingerprint density at radius 1 is 1.10 bits per heavy atom. The van der Waals surface area contributed by atoms with Crippen molar-refractivity contribution in [1.29, 1.82) is 0 Å². The Bertz CT molecular complexity index is 584. The molecular formula is C17H20ClNO2. The first-order valence-electron chi connectivity index (χ1n) is 6.89. The van der Waals surface area contributed by atoms with Crippen LogP contribution in [0.5, 0.6) is 11.5 Å². The quantitative estimate of drug-likeness (QED) is 0.850. The van der Waals surface area contributed by atoms with Crippen LogP contribution in [0.3, 0.4) is 0 Å². The topological polar surface area (TPSA) is 30.5 Å². The van der Waals surface area contributed by atoms with Crippen LogP contribution in [0, 0.1) is 6.92 Å². The average Bonchev–Trinajstić information content (AvgIpc) is 2.49. The van der Waals surface area contributed by atoms with Gasteiger partial charge in [0.05, 0.1) is 13.7 Å². The smallest absolute Gasteiger partial charge is 0.120 e. The maximum absolute atomic E-state index is 6.10. The third-order valence-electron chi connectivity index (χ3n) is 3.16. The molecule has 0 aliphatic rings. The first-order valence-corrected chi connectivity index (χ1v) is 7.27. The van der Waals surface area contributed by atoms with E-state index in [-0.39, 0.29) is 6.10 Å². The summed E-state index contributed by atoms with van der Waals surface area (Å²) in [6, 6.07) is 13.5. The van der Waals surface area contributed by atoms with Gasteiger partial charge in [-0.2, -0.15) is 0 Å². The molecule has 1 atom stereocenters. The van der Waals surface area contributed by atoms with Crippen molar-refractivity contribution in [2.24, 2.45) is 0 Å². The number of rotatable bonds is 6. The van der Waals surface area contributed by atoms with E-state index in [0.717, 1.165) is 27.8 Å². The van der Waals surface area contributed by atoms with Crippen LogP contribution in [-0.4, -0.2) is 19.8 Å². The Kier molecular flexibility index (Phi) is 5.34. The van der Waals surface area contributed by atoms with Crippen LogP contribution in [0.2, 0.25) is 5.02 Å². The molecule has 3 nitrogen and oxygen atoms in total. The van der Waals surface area contributed by atoms with Crippen molar-refractivity contribution in [3.05, 3.63) is 53.1 Å². The molecule has 0 aromatic heterocycles. The second-order valence-corrected chi connectivity index (χ2v) is 5.36. The van der Waals surface area contributed by atoms with Crippen LogP contribution in [0.25, 0.3) is 0 Å². The second-order valence-electron chi connectivity index (χ2n) is 4.95. The van der Waals surface area contributed by atoms with Gasteiger partial charge in [0.15, 0.2) is 0 Å². The highest BCUT2D eigenvalue weighted by Gasteiger charge is 2.05. The molecule has 2 aromatic carbocycles. The molecular weight excluding hydrogens is 286 g/mol. The summed E-state index contributed by atoms with van der Waals surface area (Å²) >= 11 is 6.10. The summed E-state index contributed by atoms with van der Waals surface area (Å²) in [5.41, 5.74) is 2.07. The molecule has 1 N–H and O–H groups in total. The average molecular weight is 306 g/mol. The van der Waals surface area contributed by atoms with Gasteiger partial charge in [-0.1, -0.05) is 17.7 Å². The molecule has 0 aliphatic carbocycles. The van der Waals surface area contributed by atoms with Crippen LogP contribution in [0.4, 0.5) is 5.69 Å². The number of anilines is 1. The summed E-state index contributed by atoms with van der Waals surface area (Å²) in [6.45, 7) is 4.71. The normalized spacial score (nSPS) is 11.8. The van der Waals surface area contributed by atoms with Crippen LogP contribution >= 0.6 is 11.6 Å². The summed E-state index contributed by atoms with van der Waals surface area (Å²) < 4.78 is 11.0. The number of hydrogen-bond acceptors (Lipinski definition) is 3. The number of ether oxygens (including phenoxy) is 2. The van der Waals surface area contributed by atoms with E-state index in [9.17, 15) is 0 Å². The van der Waals surface area contributed by atoms with E-state index in [0.29, 0.717) is 6.54 Å². The van der Waals surface area contributed by atoms with E-state index in [2.05, 4.69) is 5.32 Å². The maximum Gasteiger partial charge on any atom is 0.120 e. The second kappa shape index (κ2) is 7.23. The SMILES string of the molecule is COc1ccc(OC(C)CNc2ccc(C)c(Cl)c2)cc1. The molecule has 2 rings (SSSR count). The monoisotopic (exact) mass is 305 g/mol. The fourth-order valence-corrected chi connectivity index (χ4v) is 2.07. The van der Waals surface area contributed by atoms with Gasteiger partial charge >= 0.3 is 0 Å². The Balaban J connectivity index is 1.86. The van der Waals surface area contributed by atoms with Crippen LogP contribution in [0.1, 0.15) is 12.5 Å². The molecule has 0 spiro atoms. The fraction of sp³-hybridized carbons (Fsp3) is 0.294. The Morgan fingerprint density at radius 2 is 1.76 bits per heavy atom. The van der Waals surface area contributed by atoms with E-state index < -0.39 is 0 Å². The van der Waals surface area contributed by atoms with Crippen molar-refractivity contribution in [1.82, 2.24) is 0 Å². The third-order valence-corrected chi connectivity index (χ3v) is 3.57. The van der Waals surface area contributed by atoms with Crippen molar-refractivity contribution >= 4 is 17.3 Å². The van der Waals surface area contributed by atoms with Gasteiger partial charge in [-0.3, -0.25) is 0 Å². The van der Waals surface area contributed by atoms with Crippen LogP contribution in [0.15, 0.2) is 42.5 Å². The van der Waals surface area contributed by atoms with Crippen LogP contribution in [-0.2, 0) is 0 Å². The van der Waals surface area contributed by atoms with Gasteiger partial charge < -0.3 is 14.8 Å². The van der Waals surface area contributed by atoms with Crippen molar-refractivity contribution in [3.8, 4) is 11.5 Å². The van der Waals surface area contributed by atoms with E-state index in [1.54, 1.807) is 7.11 Å². The lowest BCUT2D eigenvalue weighted by Gasteiger charge is -2.16. The van der Waals surface area contributed by atoms with Gasteiger partial charge in [0.1, 0.15) is 17.6 Å². The predicted molar refractivity (Wildman–Crippen MR) is 87.8 cm³/mol. The fourth-order valence-electron chi connectivity index (χ4n) is 1.89. The van der Waals surface area contributed by atoms with Crippen LogP contribution < -0.4 is 14.8 Å². The minimum absolute atomic E-state index is 0.0403. The molecule has 0 fully saturated rings. The molecule has 0 radical (unpaired) electrons. The van der Waals surface area contributed by atoms with E-state index in [4.69, 9.17) is 21.1 Å². The molecule has 21 heavy (non-hydrogen) atoms. The highest BCUT2D eigenvalue weighted by atomic mass is 35.5. The summed E-state index contributed by atoms with van der Waals surface area (Å²) in [4.78, 5) is 0. The summed E-state index contributed by atoms with van der Waals surface area (Å²) in [7, 11) is 1.65. The Morgan fingerprint density at radius 3 is 2.38 bits per heavy atom. The predicted octanol–water partition coefficient (Wildman–Crippen LogP) is 4.54. The van der Waals surface area contributed by atoms with Gasteiger partial charge in [-0.15, -0.1) is 0 Å². The molecule has 0 bridgehead atoms. The number of benzene rings is 2. The first-order chi connectivity index (χ1) is 10.1. The zero-order valence-corrected chi connectivity index (χ0v) is 13.3. The van der Waals surface area contributed by atoms with Crippen molar-refractivity contribution in [2.75, 3.05) is 19.0 Å². The first kappa shape index (κ1) is 15.5. The zero-order valence-electron chi connectivity index (χ0n) is 12.5. The molecule has 0 saturated carbocycles. The highest BCUT2D eigenvalue weighted by Crippen LogP contribution is 2.21. The Hall–Kier alpha value is -1.87. The van der Waals surface area contributed by atoms with Gasteiger partial charge in [0.2, 0.25) is 0 Å². The number of hydrogen-bond donors (Lipinski definition) is 1. The number of halogens is 1. The summed E-state index contributed by atoms with van der Waals surface area (Å²) in [5, 5.41) is 4.09. The Labute approximate surface area is 130 Å². The zero-order chi connectivity index (χ0) is 15.2. The standard InChI is InChI=1S/C17H20ClNO2/c1-12-4-5-14(10-17(12)18)19-11-13(2)21-16-8-6-15(20-3)7-9-16/h4-10,13,19H,11H2,1-3H3. The van der Waals surface area contributed by atoms with E-state index in [1.165, 1.54) is 0 Å². The van der Waals surface area contributed by atoms with Gasteiger partial charge in [-0.25, -0.2) is 0 Å². The molecule has 1 unspecified atom stereocenters. The van der Waals surface area contributed by atoms with Crippen molar-refractivity contribution in [2.45, 2.75) is 20.0 Å². The molecule has 2 aromatic rings. The highest BCUT2D eigenvalue weighted by molar-refractivity contribution is 6.31. The van der Waals surface area contributed by atoms with Gasteiger partial charge in [-0.05, 0) is 55.8 Å². The van der Waals surface area contributed by atoms with Gasteiger partial charge in [0.25, 0.3) is 0 Å².